The third-order valence-corrected chi connectivity index (χ3v) is 1.87. The van der Waals surface area contributed by atoms with Crippen molar-refractivity contribution in [2.75, 3.05) is 5.73 Å². The molecule has 13 heavy (non-hydrogen) atoms. The zero-order valence-electron chi connectivity index (χ0n) is 7.02. The van der Waals surface area contributed by atoms with Crippen molar-refractivity contribution >= 4 is 16.9 Å². The Balaban J connectivity index is 2.99. The fourth-order valence-corrected chi connectivity index (χ4v) is 1.30. The molecular formula is C8H7N5. The molecule has 0 unspecified atom stereocenters. The zero-order chi connectivity index (χ0) is 9.42. The van der Waals surface area contributed by atoms with Gasteiger partial charge in [0, 0.05) is 13.2 Å². The summed E-state index contributed by atoms with van der Waals surface area (Å²) in [7, 11) is 1.74. The minimum Gasteiger partial charge on any atom is -0.382 e. The number of aryl methyl sites for hydroxylation is 1. The van der Waals surface area contributed by atoms with E-state index in [0.29, 0.717) is 22.4 Å². The molecule has 2 aromatic heterocycles. The highest BCUT2D eigenvalue weighted by Crippen LogP contribution is 2.20. The quantitative estimate of drug-likeness (QED) is 0.626. The number of rotatable bonds is 0. The van der Waals surface area contributed by atoms with Crippen molar-refractivity contribution in [1.82, 2.24) is 14.8 Å². The minimum absolute atomic E-state index is 0.349. The number of hydrogen-bond acceptors (Lipinski definition) is 4. The van der Waals surface area contributed by atoms with E-state index in [1.54, 1.807) is 24.0 Å². The highest BCUT2D eigenvalue weighted by atomic mass is 15.3. The summed E-state index contributed by atoms with van der Waals surface area (Å²) in [5.74, 6) is 0.349. The summed E-state index contributed by atoms with van der Waals surface area (Å²) in [6.45, 7) is 0. The third kappa shape index (κ3) is 0.924. The van der Waals surface area contributed by atoms with Gasteiger partial charge in [-0.3, -0.25) is 0 Å². The normalized spacial score (nSPS) is 10.2. The van der Waals surface area contributed by atoms with Gasteiger partial charge < -0.3 is 5.73 Å². The van der Waals surface area contributed by atoms with Crippen LogP contribution in [0.3, 0.4) is 0 Å². The van der Waals surface area contributed by atoms with E-state index < -0.39 is 0 Å². The van der Waals surface area contributed by atoms with E-state index >= 15 is 0 Å². The number of nitrogen functional groups attached to an aromatic ring is 1. The van der Waals surface area contributed by atoms with Crippen LogP contribution >= 0.6 is 0 Å². The first kappa shape index (κ1) is 7.55. The van der Waals surface area contributed by atoms with Gasteiger partial charge in [-0.15, -0.1) is 0 Å². The van der Waals surface area contributed by atoms with E-state index in [2.05, 4.69) is 16.2 Å². The number of nitrogens with two attached hydrogens (primary N) is 1. The first-order valence-electron chi connectivity index (χ1n) is 3.71. The molecule has 0 aliphatic carbocycles. The second kappa shape index (κ2) is 2.45. The Labute approximate surface area is 74.4 Å². The molecule has 0 aromatic carbocycles. The fraction of sp³-hybridized carbons (Fsp3) is 0.125. The Morgan fingerprint density at radius 1 is 1.62 bits per heavy atom. The molecule has 0 saturated heterocycles. The Morgan fingerprint density at radius 3 is 3.08 bits per heavy atom. The first-order chi connectivity index (χ1) is 6.24. The van der Waals surface area contributed by atoms with Crippen molar-refractivity contribution in [3.8, 4) is 6.07 Å². The third-order valence-electron chi connectivity index (χ3n) is 1.87. The fourth-order valence-electron chi connectivity index (χ4n) is 1.30. The second-order valence-corrected chi connectivity index (χ2v) is 2.68. The van der Waals surface area contributed by atoms with Crippen LogP contribution in [0, 0.1) is 11.3 Å². The number of nitrogens with zero attached hydrogens (tertiary/aromatic N) is 4. The average molecular weight is 173 g/mol. The summed E-state index contributed by atoms with van der Waals surface area (Å²) >= 11 is 0. The summed E-state index contributed by atoms with van der Waals surface area (Å²) in [5, 5.41) is 13.4. The number of anilines is 1. The molecule has 64 valence electrons. The van der Waals surface area contributed by atoms with Crippen LogP contribution in [-0.4, -0.2) is 14.8 Å². The molecule has 5 nitrogen and oxygen atoms in total. The van der Waals surface area contributed by atoms with Gasteiger partial charge in [-0.05, 0) is 6.07 Å². The van der Waals surface area contributed by atoms with Crippen molar-refractivity contribution in [3.63, 3.8) is 0 Å². The van der Waals surface area contributed by atoms with E-state index in [1.165, 1.54) is 0 Å². The molecule has 0 spiro atoms. The van der Waals surface area contributed by atoms with Crippen molar-refractivity contribution < 1.29 is 0 Å². The van der Waals surface area contributed by atoms with E-state index in [9.17, 15) is 0 Å². The lowest BCUT2D eigenvalue weighted by Crippen LogP contribution is -1.92. The predicted octanol–water partition coefficient (Wildman–Crippen LogP) is 0.422. The smallest absolute Gasteiger partial charge is 0.161 e. The Kier molecular flexibility index (Phi) is 1.43. The molecule has 0 aliphatic heterocycles. The Morgan fingerprint density at radius 2 is 2.38 bits per heavy atom. The zero-order valence-corrected chi connectivity index (χ0v) is 7.02. The largest absolute Gasteiger partial charge is 0.382 e. The number of aromatic nitrogens is 3. The van der Waals surface area contributed by atoms with Gasteiger partial charge in [-0.25, -0.2) is 9.67 Å². The van der Waals surface area contributed by atoms with Crippen LogP contribution in [0.4, 0.5) is 5.82 Å². The number of pyridine rings is 1. The van der Waals surface area contributed by atoms with Gasteiger partial charge in [0.15, 0.2) is 11.5 Å². The molecule has 2 aromatic rings. The highest BCUT2D eigenvalue weighted by Gasteiger charge is 2.10. The van der Waals surface area contributed by atoms with Crippen LogP contribution in [0.25, 0.3) is 11.0 Å². The van der Waals surface area contributed by atoms with Gasteiger partial charge >= 0.3 is 0 Å². The van der Waals surface area contributed by atoms with Gasteiger partial charge in [0.2, 0.25) is 0 Å². The molecule has 0 radical (unpaired) electrons. The van der Waals surface area contributed by atoms with Gasteiger partial charge in [0.1, 0.15) is 6.07 Å². The lowest BCUT2D eigenvalue weighted by Gasteiger charge is -1.92. The van der Waals surface area contributed by atoms with Gasteiger partial charge in [0.05, 0.1) is 10.9 Å². The van der Waals surface area contributed by atoms with E-state index in [1.807, 2.05) is 0 Å². The first-order valence-corrected chi connectivity index (χ1v) is 3.71. The molecule has 0 fully saturated rings. The molecule has 0 amide bonds. The SMILES string of the molecule is Cn1nc(N)c2c(C#N)ccnc21. The number of fused-ring (bicyclic) bond motifs is 1. The van der Waals surface area contributed by atoms with E-state index in [4.69, 9.17) is 11.0 Å². The molecule has 0 saturated carbocycles. The summed E-state index contributed by atoms with van der Waals surface area (Å²) in [6.07, 6.45) is 1.57. The molecule has 5 heteroatoms. The average Bonchev–Trinajstić information content (AvgIpc) is 2.43. The molecule has 2 heterocycles. The standard InChI is InChI=1S/C8H7N5/c1-13-8-6(7(10)12-13)5(4-9)2-3-11-8/h2-3H,1H3,(H2,10,12). The summed E-state index contributed by atoms with van der Waals surface area (Å²) in [4.78, 5) is 4.08. The van der Waals surface area contributed by atoms with Crippen molar-refractivity contribution in [1.29, 1.82) is 5.26 Å². The van der Waals surface area contributed by atoms with Crippen LogP contribution in [0.2, 0.25) is 0 Å². The molecule has 2 N–H and O–H groups in total. The Bertz CT molecular complexity index is 505. The predicted molar refractivity (Wildman–Crippen MR) is 47.6 cm³/mol. The van der Waals surface area contributed by atoms with Crippen LogP contribution in [-0.2, 0) is 7.05 Å². The van der Waals surface area contributed by atoms with Gasteiger partial charge in [-0.2, -0.15) is 10.4 Å². The van der Waals surface area contributed by atoms with E-state index in [0.717, 1.165) is 0 Å². The molecule has 0 bridgehead atoms. The topological polar surface area (TPSA) is 80.5 Å². The molecule has 2 rings (SSSR count). The second-order valence-electron chi connectivity index (χ2n) is 2.68. The van der Waals surface area contributed by atoms with Gasteiger partial charge in [0.25, 0.3) is 0 Å². The van der Waals surface area contributed by atoms with Crippen molar-refractivity contribution in [3.05, 3.63) is 17.8 Å². The maximum atomic E-state index is 8.80. The van der Waals surface area contributed by atoms with Crippen LogP contribution in [0.1, 0.15) is 5.56 Å². The van der Waals surface area contributed by atoms with E-state index in [-0.39, 0.29) is 0 Å². The molecule has 0 atom stereocenters. The van der Waals surface area contributed by atoms with Crippen LogP contribution in [0.5, 0.6) is 0 Å². The summed E-state index contributed by atoms with van der Waals surface area (Å²) < 4.78 is 1.56. The van der Waals surface area contributed by atoms with Crippen LogP contribution in [0.15, 0.2) is 12.3 Å². The summed E-state index contributed by atoms with van der Waals surface area (Å²) in [5.41, 5.74) is 6.78. The lowest BCUT2D eigenvalue weighted by atomic mass is 10.2. The maximum Gasteiger partial charge on any atom is 0.161 e. The van der Waals surface area contributed by atoms with Crippen molar-refractivity contribution in [2.45, 2.75) is 0 Å². The van der Waals surface area contributed by atoms with Crippen LogP contribution < -0.4 is 5.73 Å². The monoisotopic (exact) mass is 173 g/mol. The number of nitriles is 1. The summed E-state index contributed by atoms with van der Waals surface area (Å²) in [6, 6.07) is 3.68. The number of hydrogen-bond donors (Lipinski definition) is 1. The Hall–Kier alpha value is -2.09. The minimum atomic E-state index is 0.349. The lowest BCUT2D eigenvalue weighted by molar-refractivity contribution is 0.791. The van der Waals surface area contributed by atoms with Crippen molar-refractivity contribution in [2.24, 2.45) is 7.05 Å². The van der Waals surface area contributed by atoms with Gasteiger partial charge in [-0.1, -0.05) is 0 Å². The maximum absolute atomic E-state index is 8.80. The highest BCUT2D eigenvalue weighted by molar-refractivity contribution is 5.91. The molecular weight excluding hydrogens is 166 g/mol. The molecule has 0 aliphatic rings.